The molecule has 0 aliphatic heterocycles. The number of hydrogen-bond acceptors (Lipinski definition) is 6. The molecule has 0 unspecified atom stereocenters. The van der Waals surface area contributed by atoms with Crippen molar-refractivity contribution in [2.45, 2.75) is 4.90 Å². The molecular weight excluding hydrogens is 340 g/mol. The number of imidazole rings is 1. The van der Waals surface area contributed by atoms with Crippen molar-refractivity contribution < 1.29 is 13.3 Å². The van der Waals surface area contributed by atoms with Crippen molar-refractivity contribution >= 4 is 34.0 Å². The Morgan fingerprint density at radius 3 is 2.92 bits per heavy atom. The van der Waals surface area contributed by atoms with Crippen LogP contribution in [0.3, 0.4) is 0 Å². The lowest BCUT2D eigenvalue weighted by Crippen LogP contribution is -2.03. The monoisotopic (exact) mass is 354 g/mol. The summed E-state index contributed by atoms with van der Waals surface area (Å²) in [4.78, 5) is 20.8. The molecule has 0 fully saturated rings. The normalized spacial score (nSPS) is 11.4. The number of aromatic amines is 1. The van der Waals surface area contributed by atoms with Gasteiger partial charge in [0, 0.05) is 29.4 Å². The van der Waals surface area contributed by atoms with Crippen LogP contribution in [-0.4, -0.2) is 23.9 Å². The molecule has 4 aromatic rings. The molecule has 2 aromatic carbocycles. The van der Waals surface area contributed by atoms with Crippen LogP contribution in [0, 0.1) is 0 Å². The third-order valence-electron chi connectivity index (χ3n) is 3.67. The van der Waals surface area contributed by atoms with Gasteiger partial charge < -0.3 is 14.1 Å². The van der Waals surface area contributed by atoms with Gasteiger partial charge in [0.15, 0.2) is 6.79 Å². The first-order chi connectivity index (χ1) is 12.2. The highest BCUT2D eigenvalue weighted by Gasteiger charge is 2.12. The van der Waals surface area contributed by atoms with E-state index in [1.54, 1.807) is 19.2 Å². The molecule has 0 amide bonds. The van der Waals surface area contributed by atoms with Crippen LogP contribution in [0.25, 0.3) is 33.4 Å². The molecule has 2 heterocycles. The van der Waals surface area contributed by atoms with Crippen molar-refractivity contribution in [2.24, 2.45) is 0 Å². The van der Waals surface area contributed by atoms with Gasteiger partial charge in [-0.25, -0.2) is 9.78 Å². The van der Waals surface area contributed by atoms with Crippen molar-refractivity contribution in [1.82, 2.24) is 9.97 Å². The lowest BCUT2D eigenvalue weighted by atomic mass is 10.2. The van der Waals surface area contributed by atoms with Crippen molar-refractivity contribution in [2.75, 3.05) is 13.9 Å². The number of methoxy groups -OCH3 is 1. The fourth-order valence-electron chi connectivity index (χ4n) is 2.53. The summed E-state index contributed by atoms with van der Waals surface area (Å²) >= 11 is 1.16. The Hall–Kier alpha value is -2.61. The van der Waals surface area contributed by atoms with E-state index in [0.29, 0.717) is 17.0 Å². The number of H-pyrrole nitrogens is 1. The predicted octanol–water partition coefficient (Wildman–Crippen LogP) is 3.96. The second-order valence-corrected chi connectivity index (χ2v) is 6.23. The molecule has 1 N–H and O–H groups in total. The molecule has 4 rings (SSSR count). The van der Waals surface area contributed by atoms with Gasteiger partial charge in [-0.1, -0.05) is 18.2 Å². The highest BCUT2D eigenvalue weighted by molar-refractivity contribution is 7.94. The van der Waals surface area contributed by atoms with Gasteiger partial charge in [0.05, 0.1) is 11.0 Å². The van der Waals surface area contributed by atoms with Crippen LogP contribution in [0.1, 0.15) is 0 Å². The first-order valence-corrected chi connectivity index (χ1v) is 8.30. The Morgan fingerprint density at radius 2 is 2.08 bits per heavy atom. The average Bonchev–Trinajstić information content (AvgIpc) is 3.05. The van der Waals surface area contributed by atoms with Crippen LogP contribution in [0.2, 0.25) is 0 Å². The Bertz CT molecular complexity index is 1070. The lowest BCUT2D eigenvalue weighted by Gasteiger charge is -2.04. The second-order valence-electron chi connectivity index (χ2n) is 5.36. The zero-order valence-corrected chi connectivity index (χ0v) is 14.1. The fourth-order valence-corrected chi connectivity index (χ4v) is 3.09. The number of ether oxygens (including phenoxy) is 1. The van der Waals surface area contributed by atoms with E-state index in [2.05, 4.69) is 9.97 Å². The SMILES string of the molecule is COCOSc1ccc2cc(-c3nc4ccccc4[nH]3)c(=O)oc2c1. The molecule has 25 heavy (non-hydrogen) atoms. The largest absolute Gasteiger partial charge is 0.422 e. The smallest absolute Gasteiger partial charge is 0.347 e. The van der Waals surface area contributed by atoms with Crippen LogP contribution in [0.15, 0.2) is 62.6 Å². The van der Waals surface area contributed by atoms with Gasteiger partial charge in [0.2, 0.25) is 0 Å². The zero-order valence-electron chi connectivity index (χ0n) is 13.3. The second kappa shape index (κ2) is 6.72. The highest BCUT2D eigenvalue weighted by atomic mass is 32.2. The van der Waals surface area contributed by atoms with Crippen molar-refractivity contribution in [3.05, 3.63) is 59.0 Å². The number of nitrogens with one attached hydrogen (secondary N) is 1. The molecule has 0 radical (unpaired) electrons. The molecule has 0 bridgehead atoms. The van der Waals surface area contributed by atoms with Gasteiger partial charge in [-0.15, -0.1) is 0 Å². The minimum Gasteiger partial charge on any atom is -0.422 e. The summed E-state index contributed by atoms with van der Waals surface area (Å²) in [5, 5.41) is 0.811. The average molecular weight is 354 g/mol. The molecule has 0 saturated carbocycles. The van der Waals surface area contributed by atoms with Crippen molar-refractivity contribution in [3.63, 3.8) is 0 Å². The van der Waals surface area contributed by atoms with Gasteiger partial charge >= 0.3 is 5.63 Å². The lowest BCUT2D eigenvalue weighted by molar-refractivity contribution is 0.0670. The van der Waals surface area contributed by atoms with Crippen molar-refractivity contribution in [3.8, 4) is 11.4 Å². The molecule has 0 atom stereocenters. The van der Waals surface area contributed by atoms with Crippen LogP contribution in [-0.2, 0) is 8.92 Å². The predicted molar refractivity (Wildman–Crippen MR) is 96.4 cm³/mol. The number of para-hydroxylation sites is 2. The van der Waals surface area contributed by atoms with E-state index in [0.717, 1.165) is 33.4 Å². The van der Waals surface area contributed by atoms with E-state index in [1.165, 1.54) is 0 Å². The Balaban J connectivity index is 1.74. The van der Waals surface area contributed by atoms with Crippen LogP contribution in [0.4, 0.5) is 0 Å². The third-order valence-corrected chi connectivity index (χ3v) is 4.33. The van der Waals surface area contributed by atoms with Gasteiger partial charge in [-0.2, -0.15) is 0 Å². The van der Waals surface area contributed by atoms with Crippen molar-refractivity contribution in [1.29, 1.82) is 0 Å². The molecule has 2 aromatic heterocycles. The van der Waals surface area contributed by atoms with E-state index in [1.807, 2.05) is 36.4 Å². The van der Waals surface area contributed by atoms with E-state index in [-0.39, 0.29) is 6.79 Å². The van der Waals surface area contributed by atoms with Gasteiger partial charge in [-0.05, 0) is 30.3 Å². The summed E-state index contributed by atoms with van der Waals surface area (Å²) in [7, 11) is 1.56. The minimum absolute atomic E-state index is 0.178. The number of rotatable bonds is 5. The Morgan fingerprint density at radius 1 is 1.20 bits per heavy atom. The first-order valence-electron chi connectivity index (χ1n) is 7.56. The summed E-state index contributed by atoms with van der Waals surface area (Å²) in [6.07, 6.45) is 0. The van der Waals surface area contributed by atoms with Gasteiger partial charge in [0.1, 0.15) is 17.0 Å². The maximum absolute atomic E-state index is 12.4. The molecule has 0 saturated heterocycles. The molecule has 7 heteroatoms. The first kappa shape index (κ1) is 15.9. The number of fused-ring (bicyclic) bond motifs is 2. The summed E-state index contributed by atoms with van der Waals surface area (Å²) < 4.78 is 15.5. The quantitative estimate of drug-likeness (QED) is 0.253. The topological polar surface area (TPSA) is 77.4 Å². The van der Waals surface area contributed by atoms with Crippen LogP contribution < -0.4 is 5.63 Å². The molecule has 0 aliphatic carbocycles. The van der Waals surface area contributed by atoms with Gasteiger partial charge in [-0.3, -0.25) is 4.18 Å². The Kier molecular flexibility index (Phi) is 4.27. The van der Waals surface area contributed by atoms with E-state index >= 15 is 0 Å². The van der Waals surface area contributed by atoms with E-state index in [9.17, 15) is 4.79 Å². The maximum atomic E-state index is 12.4. The standard InChI is InChI=1S/C18H14N2O4S/c1-22-10-23-25-12-7-6-11-8-13(18(21)24-16(11)9-12)17-19-14-4-2-3-5-15(14)20-17/h2-9H,10H2,1H3,(H,19,20). The van der Waals surface area contributed by atoms with Crippen LogP contribution in [0.5, 0.6) is 0 Å². The number of aromatic nitrogens is 2. The van der Waals surface area contributed by atoms with Gasteiger partial charge in [0.25, 0.3) is 0 Å². The summed E-state index contributed by atoms with van der Waals surface area (Å²) in [6, 6.07) is 14.9. The molecule has 6 nitrogen and oxygen atoms in total. The maximum Gasteiger partial charge on any atom is 0.347 e. The Labute approximate surface area is 147 Å². The molecule has 0 aliphatic rings. The summed E-state index contributed by atoms with van der Waals surface area (Å²) in [5.74, 6) is 0.499. The number of nitrogens with zero attached hydrogens (tertiary/aromatic N) is 1. The third kappa shape index (κ3) is 3.17. The summed E-state index contributed by atoms with van der Waals surface area (Å²) in [5.41, 5.74) is 2.14. The molecule has 126 valence electrons. The highest BCUT2D eigenvalue weighted by Crippen LogP contribution is 2.26. The molecular formula is C18H14N2O4S. The zero-order chi connectivity index (χ0) is 17.2. The number of hydrogen-bond donors (Lipinski definition) is 1. The number of benzene rings is 2. The fraction of sp³-hybridized carbons (Fsp3) is 0.111. The molecule has 0 spiro atoms. The minimum atomic E-state index is -0.438. The van der Waals surface area contributed by atoms with E-state index < -0.39 is 5.63 Å². The van der Waals surface area contributed by atoms with E-state index in [4.69, 9.17) is 13.3 Å². The van der Waals surface area contributed by atoms with Crippen LogP contribution >= 0.6 is 12.0 Å². The summed E-state index contributed by atoms with van der Waals surface area (Å²) in [6.45, 7) is 0.178.